The monoisotopic (exact) mass is 426 g/mol. The van der Waals surface area contributed by atoms with Crippen LogP contribution in [-0.4, -0.2) is 10.9 Å². The van der Waals surface area contributed by atoms with Crippen molar-refractivity contribution in [2.45, 2.75) is 13.2 Å². The summed E-state index contributed by atoms with van der Waals surface area (Å²) in [6.07, 6.45) is 1.54. The first-order valence-electron chi connectivity index (χ1n) is 9.02. The van der Waals surface area contributed by atoms with Crippen molar-refractivity contribution < 1.29 is 22.7 Å². The Morgan fingerprint density at radius 2 is 2.00 bits per heavy atom. The van der Waals surface area contributed by atoms with Crippen molar-refractivity contribution in [2.75, 3.05) is 0 Å². The highest BCUT2D eigenvalue weighted by atomic mass is 32.1. The fraction of sp³-hybridized carbons (Fsp3) is 0.0909. The molecule has 1 N–H and O–H groups in total. The second-order valence-electron chi connectivity index (χ2n) is 6.32. The third kappa shape index (κ3) is 4.55. The number of halogens is 2. The van der Waals surface area contributed by atoms with E-state index in [0.29, 0.717) is 22.1 Å². The van der Waals surface area contributed by atoms with E-state index in [1.165, 1.54) is 29.7 Å². The molecule has 1 amide bonds. The molecule has 2 aromatic heterocycles. The molecule has 0 saturated carbocycles. The predicted molar refractivity (Wildman–Crippen MR) is 108 cm³/mol. The third-order valence-electron chi connectivity index (χ3n) is 4.26. The average molecular weight is 426 g/mol. The van der Waals surface area contributed by atoms with Gasteiger partial charge in [-0.15, -0.1) is 11.3 Å². The SMILES string of the molecule is O=C(NCc1ccco1)c1csc(-c2ccccc2OCc2ccc(F)cc2F)n1. The van der Waals surface area contributed by atoms with Crippen LogP contribution >= 0.6 is 11.3 Å². The average Bonchev–Trinajstić information content (AvgIpc) is 3.44. The van der Waals surface area contributed by atoms with Crippen LogP contribution in [0, 0.1) is 11.6 Å². The van der Waals surface area contributed by atoms with Crippen LogP contribution in [0.5, 0.6) is 5.75 Å². The summed E-state index contributed by atoms with van der Waals surface area (Å²) in [7, 11) is 0. The molecule has 0 bridgehead atoms. The number of carbonyl (C=O) groups excluding carboxylic acids is 1. The first kappa shape index (κ1) is 19.8. The van der Waals surface area contributed by atoms with Gasteiger partial charge in [-0.25, -0.2) is 13.8 Å². The van der Waals surface area contributed by atoms with Crippen LogP contribution < -0.4 is 10.1 Å². The van der Waals surface area contributed by atoms with E-state index < -0.39 is 11.6 Å². The highest BCUT2D eigenvalue weighted by Gasteiger charge is 2.15. The number of thiazole rings is 1. The highest BCUT2D eigenvalue weighted by Crippen LogP contribution is 2.32. The number of furan rings is 1. The topological polar surface area (TPSA) is 64.4 Å². The van der Waals surface area contributed by atoms with E-state index in [9.17, 15) is 13.6 Å². The number of aromatic nitrogens is 1. The first-order chi connectivity index (χ1) is 14.6. The zero-order chi connectivity index (χ0) is 20.9. The largest absolute Gasteiger partial charge is 0.488 e. The molecule has 0 spiro atoms. The van der Waals surface area contributed by atoms with Gasteiger partial charge in [-0.05, 0) is 36.4 Å². The molecule has 5 nitrogen and oxygen atoms in total. The van der Waals surface area contributed by atoms with Gasteiger partial charge in [0.05, 0.1) is 18.4 Å². The van der Waals surface area contributed by atoms with Crippen LogP contribution in [0.15, 0.2) is 70.7 Å². The van der Waals surface area contributed by atoms with Gasteiger partial charge in [-0.3, -0.25) is 4.79 Å². The van der Waals surface area contributed by atoms with Gasteiger partial charge in [0.15, 0.2) is 0 Å². The summed E-state index contributed by atoms with van der Waals surface area (Å²) in [4.78, 5) is 16.7. The van der Waals surface area contributed by atoms with E-state index in [1.807, 2.05) is 6.07 Å². The summed E-state index contributed by atoms with van der Waals surface area (Å²) in [6.45, 7) is 0.201. The molecule has 2 aromatic carbocycles. The molecular formula is C22H16F2N2O3S. The molecule has 4 rings (SSSR count). The van der Waals surface area contributed by atoms with Crippen molar-refractivity contribution >= 4 is 17.2 Å². The summed E-state index contributed by atoms with van der Waals surface area (Å²) in [5.41, 5.74) is 1.19. The zero-order valence-electron chi connectivity index (χ0n) is 15.6. The maximum Gasteiger partial charge on any atom is 0.271 e. The van der Waals surface area contributed by atoms with Crippen LogP contribution in [-0.2, 0) is 13.2 Å². The number of para-hydroxylation sites is 1. The molecule has 0 saturated heterocycles. The maximum atomic E-state index is 13.9. The Bertz CT molecular complexity index is 1160. The normalized spacial score (nSPS) is 10.7. The van der Waals surface area contributed by atoms with Gasteiger partial charge in [0, 0.05) is 17.0 Å². The fourth-order valence-corrected chi connectivity index (χ4v) is 3.57. The standard InChI is InChI=1S/C22H16F2N2O3S/c23-15-8-7-14(18(24)10-15)12-29-20-6-2-1-5-17(20)22-26-19(13-30-22)21(27)25-11-16-4-3-9-28-16/h1-10,13H,11-12H2,(H,25,27). The van der Waals surface area contributed by atoms with E-state index in [2.05, 4.69) is 10.3 Å². The molecule has 8 heteroatoms. The van der Waals surface area contributed by atoms with Gasteiger partial charge in [-0.2, -0.15) is 0 Å². The predicted octanol–water partition coefficient (Wildman–Crippen LogP) is 5.19. The second-order valence-corrected chi connectivity index (χ2v) is 7.18. The lowest BCUT2D eigenvalue weighted by Gasteiger charge is -2.10. The molecule has 0 aliphatic rings. The van der Waals surface area contributed by atoms with Gasteiger partial charge in [0.1, 0.15) is 40.5 Å². The van der Waals surface area contributed by atoms with Crippen molar-refractivity contribution in [1.29, 1.82) is 0 Å². The summed E-state index contributed by atoms with van der Waals surface area (Å²) in [5, 5.41) is 4.99. The van der Waals surface area contributed by atoms with E-state index in [0.717, 1.165) is 6.07 Å². The maximum absolute atomic E-state index is 13.9. The minimum atomic E-state index is -0.669. The molecule has 0 radical (unpaired) electrons. The van der Waals surface area contributed by atoms with Gasteiger partial charge >= 0.3 is 0 Å². The minimum absolute atomic E-state index is 0.0645. The molecule has 0 aliphatic heterocycles. The fourth-order valence-electron chi connectivity index (χ4n) is 2.74. The number of amides is 1. The Morgan fingerprint density at radius 1 is 1.13 bits per heavy atom. The van der Waals surface area contributed by atoms with Crippen molar-refractivity contribution in [3.63, 3.8) is 0 Å². The second kappa shape index (κ2) is 8.87. The molecule has 0 unspecified atom stereocenters. The number of nitrogens with zero attached hydrogens (tertiary/aromatic N) is 1. The molecular weight excluding hydrogens is 410 g/mol. The van der Waals surface area contributed by atoms with Crippen LogP contribution in [0.25, 0.3) is 10.6 Å². The number of ether oxygens (including phenoxy) is 1. The molecule has 2 heterocycles. The molecule has 0 fully saturated rings. The first-order valence-corrected chi connectivity index (χ1v) is 9.90. The number of hydrogen-bond donors (Lipinski definition) is 1. The minimum Gasteiger partial charge on any atom is -0.488 e. The summed E-state index contributed by atoms with van der Waals surface area (Å²) >= 11 is 1.30. The summed E-state index contributed by atoms with van der Waals surface area (Å²) in [5.74, 6) is -0.501. The molecule has 0 atom stereocenters. The lowest BCUT2D eigenvalue weighted by atomic mass is 10.2. The van der Waals surface area contributed by atoms with Gasteiger partial charge in [0.25, 0.3) is 5.91 Å². The highest BCUT2D eigenvalue weighted by molar-refractivity contribution is 7.13. The number of rotatable bonds is 7. The number of benzene rings is 2. The van der Waals surface area contributed by atoms with E-state index in [-0.39, 0.29) is 30.3 Å². The van der Waals surface area contributed by atoms with Crippen molar-refractivity contribution in [1.82, 2.24) is 10.3 Å². The van der Waals surface area contributed by atoms with Crippen LogP contribution in [0.1, 0.15) is 21.8 Å². The molecule has 4 aromatic rings. The smallest absolute Gasteiger partial charge is 0.271 e. The van der Waals surface area contributed by atoms with Gasteiger partial charge < -0.3 is 14.5 Å². The van der Waals surface area contributed by atoms with Gasteiger partial charge in [-0.1, -0.05) is 12.1 Å². The van der Waals surface area contributed by atoms with Crippen molar-refractivity contribution in [3.05, 3.63) is 94.9 Å². The Hall–Kier alpha value is -3.52. The Labute approximate surface area is 175 Å². The van der Waals surface area contributed by atoms with E-state index >= 15 is 0 Å². The van der Waals surface area contributed by atoms with Crippen LogP contribution in [0.3, 0.4) is 0 Å². The van der Waals surface area contributed by atoms with Gasteiger partial charge in [0.2, 0.25) is 0 Å². The summed E-state index contributed by atoms with van der Waals surface area (Å²) < 4.78 is 37.9. The van der Waals surface area contributed by atoms with Crippen molar-refractivity contribution in [3.8, 4) is 16.3 Å². The number of nitrogens with one attached hydrogen (secondary N) is 1. The summed E-state index contributed by atoms with van der Waals surface area (Å²) in [6, 6.07) is 14.0. The quantitative estimate of drug-likeness (QED) is 0.442. The Kier molecular flexibility index (Phi) is 5.85. The van der Waals surface area contributed by atoms with E-state index in [4.69, 9.17) is 9.15 Å². The van der Waals surface area contributed by atoms with E-state index in [1.54, 1.807) is 35.7 Å². The molecule has 0 aliphatic carbocycles. The zero-order valence-corrected chi connectivity index (χ0v) is 16.4. The lowest BCUT2D eigenvalue weighted by Crippen LogP contribution is -2.22. The third-order valence-corrected chi connectivity index (χ3v) is 5.13. The lowest BCUT2D eigenvalue weighted by molar-refractivity contribution is 0.0944. The van der Waals surface area contributed by atoms with Crippen LogP contribution in [0.4, 0.5) is 8.78 Å². The Morgan fingerprint density at radius 3 is 2.80 bits per heavy atom. The molecule has 152 valence electrons. The molecule has 30 heavy (non-hydrogen) atoms. The number of carbonyl (C=O) groups is 1. The van der Waals surface area contributed by atoms with Crippen molar-refractivity contribution in [2.24, 2.45) is 0 Å². The number of hydrogen-bond acceptors (Lipinski definition) is 5. The Balaban J connectivity index is 1.47. The van der Waals surface area contributed by atoms with Crippen LogP contribution in [0.2, 0.25) is 0 Å².